The summed E-state index contributed by atoms with van der Waals surface area (Å²) in [4.78, 5) is 34.9. The normalized spacial score (nSPS) is 13.1. The van der Waals surface area contributed by atoms with Gasteiger partial charge in [-0.25, -0.2) is 9.78 Å². The number of nitrogen functional groups attached to an aromatic ring is 1. The number of H-pyrrole nitrogens is 1. The van der Waals surface area contributed by atoms with Gasteiger partial charge < -0.3 is 26.2 Å². The lowest BCUT2D eigenvalue weighted by Gasteiger charge is -2.22. The molecule has 0 saturated heterocycles. The third-order valence-corrected chi connectivity index (χ3v) is 4.25. The van der Waals surface area contributed by atoms with Gasteiger partial charge in [0, 0.05) is 18.2 Å². The second-order valence-corrected chi connectivity index (χ2v) is 6.14. The number of aliphatic hydroxyl groups is 1. The minimum atomic E-state index is -2.34. The zero-order valence-corrected chi connectivity index (χ0v) is 14.9. The number of benzene rings is 1. The van der Waals surface area contributed by atoms with Crippen LogP contribution in [0.1, 0.15) is 29.3 Å². The van der Waals surface area contributed by atoms with Crippen LogP contribution < -0.4 is 11.1 Å². The number of rotatable bonds is 6. The number of carboxylic acids is 1. The van der Waals surface area contributed by atoms with E-state index in [1.165, 1.54) is 19.2 Å². The topological polar surface area (TPSA) is 178 Å². The van der Waals surface area contributed by atoms with Gasteiger partial charge in [0.15, 0.2) is 5.82 Å². The van der Waals surface area contributed by atoms with Crippen molar-refractivity contribution >= 4 is 28.7 Å². The number of carbonyl (C=O) groups excluding carboxylic acids is 1. The second-order valence-electron chi connectivity index (χ2n) is 6.14. The van der Waals surface area contributed by atoms with E-state index in [2.05, 4.69) is 20.3 Å². The van der Waals surface area contributed by atoms with Gasteiger partial charge in [-0.3, -0.25) is 15.2 Å². The average molecular weight is 382 g/mol. The number of nitrogens with zero attached hydrogens (tertiary/aromatic N) is 2. The number of nitrogens with one attached hydrogen (secondary N) is 3. The molecular weight excluding hydrogens is 364 g/mol. The molecule has 0 aliphatic carbocycles. The maximum atomic E-state index is 12.2. The molecule has 0 unspecified atom stereocenters. The minimum Gasteiger partial charge on any atom is -0.478 e. The molecule has 0 bridgehead atoms. The Morgan fingerprint density at radius 1 is 1.29 bits per heavy atom. The molecule has 3 aromatic rings. The molecule has 1 amide bonds. The summed E-state index contributed by atoms with van der Waals surface area (Å²) >= 11 is 0. The molecule has 2 heterocycles. The standard InChI is InChI=1S/C18H18N6O4/c1-2-18(28,17(26)27)24-16(25)10-4-6-12(21-8-10)15-22-11-5-3-9(14(19)20)7-13(11)23-15/h3-8,28H,2H2,1H3,(H3,19,20)(H,22,23)(H,24,25)(H,26,27)/t18-/m0/s1. The van der Waals surface area contributed by atoms with Crippen molar-refractivity contribution < 1.29 is 19.8 Å². The molecule has 10 nitrogen and oxygen atoms in total. The van der Waals surface area contributed by atoms with E-state index >= 15 is 0 Å². The summed E-state index contributed by atoms with van der Waals surface area (Å²) in [5.74, 6) is -1.90. The fourth-order valence-electron chi connectivity index (χ4n) is 2.52. The van der Waals surface area contributed by atoms with E-state index in [0.29, 0.717) is 28.1 Å². The van der Waals surface area contributed by atoms with Crippen molar-refractivity contribution in [2.45, 2.75) is 19.1 Å². The first-order valence-corrected chi connectivity index (χ1v) is 8.32. The first kappa shape index (κ1) is 19.0. The number of nitrogens with two attached hydrogens (primary N) is 1. The van der Waals surface area contributed by atoms with Gasteiger partial charge in [0.05, 0.1) is 16.6 Å². The average Bonchev–Trinajstić information content (AvgIpc) is 3.11. The molecular formula is C18H18N6O4. The van der Waals surface area contributed by atoms with Crippen LogP contribution in [0.5, 0.6) is 0 Å². The Bertz CT molecular complexity index is 1080. The molecule has 0 fully saturated rings. The predicted molar refractivity (Wildman–Crippen MR) is 101 cm³/mol. The number of imidazole rings is 1. The third kappa shape index (κ3) is 3.53. The largest absolute Gasteiger partial charge is 0.478 e. The summed E-state index contributed by atoms with van der Waals surface area (Å²) in [5.41, 5.74) is 5.59. The van der Waals surface area contributed by atoms with Crippen LogP contribution in [0.2, 0.25) is 0 Å². The van der Waals surface area contributed by atoms with Crippen LogP contribution in [0.25, 0.3) is 22.6 Å². The number of fused-ring (bicyclic) bond motifs is 1. The zero-order chi connectivity index (χ0) is 20.5. The Labute approximate surface area is 158 Å². The van der Waals surface area contributed by atoms with Crippen molar-refractivity contribution in [2.75, 3.05) is 0 Å². The number of carbonyl (C=O) groups is 2. The quantitative estimate of drug-likeness (QED) is 0.207. The summed E-state index contributed by atoms with van der Waals surface area (Å²) in [6, 6.07) is 8.11. The monoisotopic (exact) mass is 382 g/mol. The molecule has 144 valence electrons. The molecule has 0 aliphatic rings. The Hall–Kier alpha value is -3.79. The Balaban J connectivity index is 1.84. The van der Waals surface area contributed by atoms with E-state index in [1.807, 2.05) is 0 Å². The summed E-state index contributed by atoms with van der Waals surface area (Å²) in [6.45, 7) is 1.44. The van der Waals surface area contributed by atoms with E-state index in [0.717, 1.165) is 0 Å². The smallest absolute Gasteiger partial charge is 0.357 e. The van der Waals surface area contributed by atoms with Crippen LogP contribution in [0.15, 0.2) is 36.5 Å². The molecule has 10 heteroatoms. The first-order chi connectivity index (χ1) is 13.2. The molecule has 0 radical (unpaired) electrons. The Kier molecular flexibility index (Phi) is 4.80. The number of hydrogen-bond acceptors (Lipinski definition) is 6. The van der Waals surface area contributed by atoms with Gasteiger partial charge in [0.2, 0.25) is 5.72 Å². The highest BCUT2D eigenvalue weighted by atomic mass is 16.4. The maximum Gasteiger partial charge on any atom is 0.357 e. The summed E-state index contributed by atoms with van der Waals surface area (Å²) in [5, 5.41) is 28.5. The fourth-order valence-corrected chi connectivity index (χ4v) is 2.52. The summed E-state index contributed by atoms with van der Waals surface area (Å²) in [6.07, 6.45) is 1.07. The molecule has 0 aliphatic heterocycles. The predicted octanol–water partition coefficient (Wildman–Crippen LogP) is 0.822. The number of amides is 1. The highest BCUT2D eigenvalue weighted by Crippen LogP contribution is 2.20. The molecule has 7 N–H and O–H groups in total. The van der Waals surface area contributed by atoms with Crippen molar-refractivity contribution in [2.24, 2.45) is 5.73 Å². The lowest BCUT2D eigenvalue weighted by molar-refractivity contribution is -0.161. The van der Waals surface area contributed by atoms with Gasteiger partial charge in [0.1, 0.15) is 11.5 Å². The van der Waals surface area contributed by atoms with Crippen molar-refractivity contribution in [1.82, 2.24) is 20.3 Å². The fraction of sp³-hybridized carbons (Fsp3) is 0.167. The van der Waals surface area contributed by atoms with Gasteiger partial charge in [-0.05, 0) is 30.3 Å². The van der Waals surface area contributed by atoms with E-state index in [1.54, 1.807) is 24.3 Å². The minimum absolute atomic E-state index is 0.0556. The van der Waals surface area contributed by atoms with Crippen LogP contribution in [-0.4, -0.2) is 48.6 Å². The molecule has 28 heavy (non-hydrogen) atoms. The number of amidine groups is 1. The number of carboxylic acid groups (broad SMARTS) is 1. The van der Waals surface area contributed by atoms with Crippen LogP contribution in [-0.2, 0) is 4.79 Å². The summed E-state index contributed by atoms with van der Waals surface area (Å²) in [7, 11) is 0. The summed E-state index contributed by atoms with van der Waals surface area (Å²) < 4.78 is 0. The highest BCUT2D eigenvalue weighted by Gasteiger charge is 2.36. The molecule has 1 aromatic carbocycles. The van der Waals surface area contributed by atoms with E-state index < -0.39 is 17.6 Å². The number of aromatic nitrogens is 3. The first-order valence-electron chi connectivity index (χ1n) is 8.32. The number of pyridine rings is 1. The van der Waals surface area contributed by atoms with E-state index in [4.69, 9.17) is 16.2 Å². The molecule has 1 atom stereocenters. The van der Waals surface area contributed by atoms with Crippen LogP contribution in [0.3, 0.4) is 0 Å². The van der Waals surface area contributed by atoms with Crippen LogP contribution >= 0.6 is 0 Å². The van der Waals surface area contributed by atoms with Gasteiger partial charge in [0.25, 0.3) is 5.91 Å². The van der Waals surface area contributed by atoms with Gasteiger partial charge >= 0.3 is 5.97 Å². The lowest BCUT2D eigenvalue weighted by atomic mass is 10.1. The third-order valence-electron chi connectivity index (χ3n) is 4.25. The van der Waals surface area contributed by atoms with E-state index in [9.17, 15) is 14.7 Å². The second kappa shape index (κ2) is 7.08. The van der Waals surface area contributed by atoms with Gasteiger partial charge in [-0.1, -0.05) is 6.92 Å². The molecule has 2 aromatic heterocycles. The van der Waals surface area contributed by atoms with Crippen molar-refractivity contribution in [1.29, 1.82) is 5.41 Å². The number of hydrogen-bond donors (Lipinski definition) is 6. The lowest BCUT2D eigenvalue weighted by Crippen LogP contribution is -2.54. The SMILES string of the molecule is CC[C@@](O)(NC(=O)c1ccc(-c2nc3ccc(C(=N)N)cc3[nH]2)nc1)C(=O)O. The number of aromatic amines is 1. The van der Waals surface area contributed by atoms with Crippen molar-refractivity contribution in [3.63, 3.8) is 0 Å². The van der Waals surface area contributed by atoms with E-state index in [-0.39, 0.29) is 17.8 Å². The molecule has 3 rings (SSSR count). The maximum absolute atomic E-state index is 12.2. The van der Waals surface area contributed by atoms with Gasteiger partial charge in [-0.15, -0.1) is 0 Å². The van der Waals surface area contributed by atoms with Crippen LogP contribution in [0, 0.1) is 5.41 Å². The van der Waals surface area contributed by atoms with Crippen LogP contribution in [0.4, 0.5) is 0 Å². The Morgan fingerprint density at radius 2 is 2.00 bits per heavy atom. The Morgan fingerprint density at radius 3 is 2.57 bits per heavy atom. The number of aliphatic carboxylic acids is 1. The molecule has 0 spiro atoms. The van der Waals surface area contributed by atoms with Crippen molar-refractivity contribution in [3.05, 3.63) is 47.7 Å². The molecule has 0 saturated carbocycles. The van der Waals surface area contributed by atoms with Crippen molar-refractivity contribution in [3.8, 4) is 11.5 Å². The zero-order valence-electron chi connectivity index (χ0n) is 14.9. The van der Waals surface area contributed by atoms with Gasteiger partial charge in [-0.2, -0.15) is 0 Å². The highest BCUT2D eigenvalue weighted by molar-refractivity contribution is 5.98.